The van der Waals surface area contributed by atoms with Crippen LogP contribution in [-0.2, 0) is 0 Å². The van der Waals surface area contributed by atoms with Gasteiger partial charge in [0, 0.05) is 43.2 Å². The van der Waals surface area contributed by atoms with Crippen molar-refractivity contribution in [2.45, 2.75) is 33.6 Å². The van der Waals surface area contributed by atoms with Crippen LogP contribution < -0.4 is 10.2 Å². The second-order valence-electron chi connectivity index (χ2n) is 7.06. The van der Waals surface area contributed by atoms with Crippen molar-refractivity contribution in [1.29, 1.82) is 0 Å². The van der Waals surface area contributed by atoms with Crippen LogP contribution in [0.15, 0.2) is 64.7 Å². The fraction of sp³-hybridized carbons (Fsp3) is 0.333. The van der Waals surface area contributed by atoms with Crippen molar-refractivity contribution in [3.8, 4) is 0 Å². The Bertz CT molecular complexity index is 837. The van der Waals surface area contributed by atoms with Gasteiger partial charge in [-0.25, -0.2) is 9.98 Å². The highest BCUT2D eigenvalue weighted by molar-refractivity contribution is 5.92. The molecule has 4 nitrogen and oxygen atoms in total. The first-order valence-corrected chi connectivity index (χ1v) is 9.83. The molecule has 2 aromatic rings. The molecule has 0 aliphatic heterocycles. The maximum atomic E-state index is 4.90. The Balaban J connectivity index is 2.48. The predicted molar refractivity (Wildman–Crippen MR) is 125 cm³/mol. The molecule has 0 spiro atoms. The molecular formula is C24H32N4. The molecule has 0 bridgehead atoms. The van der Waals surface area contributed by atoms with Crippen molar-refractivity contribution >= 4 is 29.6 Å². The molecular weight excluding hydrogens is 344 g/mol. The highest BCUT2D eigenvalue weighted by atomic mass is 15.1. The van der Waals surface area contributed by atoms with E-state index in [1.165, 1.54) is 5.56 Å². The summed E-state index contributed by atoms with van der Waals surface area (Å²) in [5, 5.41) is 3.25. The van der Waals surface area contributed by atoms with Crippen LogP contribution >= 0.6 is 0 Å². The fourth-order valence-electron chi connectivity index (χ4n) is 3.12. The number of aryl methyl sites for hydroxylation is 1. The minimum Gasteiger partial charge on any atom is -0.388 e. The smallest absolute Gasteiger partial charge is 0.131 e. The average molecular weight is 377 g/mol. The molecule has 0 aromatic heterocycles. The third-order valence-electron chi connectivity index (χ3n) is 4.84. The predicted octanol–water partition coefficient (Wildman–Crippen LogP) is 6.01. The van der Waals surface area contributed by atoms with E-state index in [4.69, 9.17) is 4.99 Å². The third-order valence-corrected chi connectivity index (χ3v) is 4.84. The zero-order valence-corrected chi connectivity index (χ0v) is 17.7. The molecule has 4 heteroatoms. The largest absolute Gasteiger partial charge is 0.388 e. The molecule has 0 saturated heterocycles. The van der Waals surface area contributed by atoms with Gasteiger partial charge in [0.25, 0.3) is 0 Å². The summed E-state index contributed by atoms with van der Waals surface area (Å²) in [6, 6.07) is 16.6. The van der Waals surface area contributed by atoms with Gasteiger partial charge in [-0.15, -0.1) is 0 Å². The number of nitrogens with zero attached hydrogens (tertiary/aromatic N) is 3. The summed E-state index contributed by atoms with van der Waals surface area (Å²) >= 11 is 0. The number of amidine groups is 1. The van der Waals surface area contributed by atoms with Crippen molar-refractivity contribution in [2.24, 2.45) is 15.9 Å². The summed E-state index contributed by atoms with van der Waals surface area (Å²) in [4.78, 5) is 11.2. The number of benzene rings is 2. The van der Waals surface area contributed by atoms with E-state index in [-0.39, 0.29) is 5.92 Å². The Morgan fingerprint density at radius 2 is 1.93 bits per heavy atom. The summed E-state index contributed by atoms with van der Waals surface area (Å²) in [5.41, 5.74) is 5.36. The molecule has 0 aliphatic rings. The van der Waals surface area contributed by atoms with Crippen molar-refractivity contribution in [1.82, 2.24) is 0 Å². The first-order chi connectivity index (χ1) is 13.5. The molecule has 1 unspecified atom stereocenters. The third kappa shape index (κ3) is 5.56. The van der Waals surface area contributed by atoms with E-state index in [2.05, 4.69) is 79.2 Å². The zero-order valence-electron chi connectivity index (χ0n) is 17.7. The van der Waals surface area contributed by atoms with Crippen LogP contribution in [0.3, 0.4) is 0 Å². The van der Waals surface area contributed by atoms with Crippen LogP contribution in [0, 0.1) is 12.8 Å². The molecule has 0 saturated carbocycles. The highest BCUT2D eigenvalue weighted by Gasteiger charge is 2.11. The van der Waals surface area contributed by atoms with Crippen LogP contribution in [0.25, 0.3) is 5.70 Å². The maximum absolute atomic E-state index is 4.90. The standard InChI is InChI=1S/C24H32N4/c1-7-11-19(3)24(26-5)27-23(20-12-9-8-10-13-20)17-28(6)21-15-14-18(2)22(16-21)25-4/h8-10,12-17,19,25H,5,7,11H2,1-4,6H3/b23-17-,27-24?. The second kappa shape index (κ2) is 10.5. The van der Waals surface area contributed by atoms with Crippen LogP contribution in [0.5, 0.6) is 0 Å². The van der Waals surface area contributed by atoms with Gasteiger partial charge < -0.3 is 10.2 Å². The first kappa shape index (κ1) is 21.4. The SMILES string of the molecule is C=NC(=N/C(=C\N(C)c1ccc(C)c(NC)c1)c1ccccc1)C(C)CCC. The lowest BCUT2D eigenvalue weighted by atomic mass is 10.0. The quantitative estimate of drug-likeness (QED) is 0.453. The molecule has 2 rings (SSSR count). The van der Waals surface area contributed by atoms with Crippen LogP contribution in [0.1, 0.15) is 37.8 Å². The lowest BCUT2D eigenvalue weighted by Gasteiger charge is -2.19. The molecule has 0 amide bonds. The summed E-state index contributed by atoms with van der Waals surface area (Å²) < 4.78 is 0. The Kier molecular flexibility index (Phi) is 8.00. The van der Waals surface area contributed by atoms with Gasteiger partial charge in [-0.3, -0.25) is 0 Å². The number of aliphatic imine (C=N–C) groups is 2. The Morgan fingerprint density at radius 1 is 1.21 bits per heavy atom. The second-order valence-corrected chi connectivity index (χ2v) is 7.06. The number of anilines is 2. The molecule has 1 N–H and O–H groups in total. The molecule has 0 radical (unpaired) electrons. The van der Waals surface area contributed by atoms with Crippen molar-refractivity contribution in [3.63, 3.8) is 0 Å². The Hall–Kier alpha value is -2.88. The molecule has 0 fully saturated rings. The molecule has 148 valence electrons. The van der Waals surface area contributed by atoms with Gasteiger partial charge in [0.2, 0.25) is 0 Å². The fourth-order valence-corrected chi connectivity index (χ4v) is 3.12. The van der Waals surface area contributed by atoms with Gasteiger partial charge in [0.1, 0.15) is 5.84 Å². The normalized spacial score (nSPS) is 13.2. The Labute approximate surface area is 169 Å². The maximum Gasteiger partial charge on any atom is 0.131 e. The van der Waals surface area contributed by atoms with E-state index in [9.17, 15) is 0 Å². The summed E-state index contributed by atoms with van der Waals surface area (Å²) in [7, 11) is 3.98. The van der Waals surface area contributed by atoms with Gasteiger partial charge in [-0.1, -0.05) is 56.7 Å². The molecule has 0 aliphatic carbocycles. The van der Waals surface area contributed by atoms with Crippen LogP contribution in [0.4, 0.5) is 11.4 Å². The lowest BCUT2D eigenvalue weighted by Crippen LogP contribution is -2.12. The van der Waals surface area contributed by atoms with Crippen molar-refractivity contribution in [2.75, 3.05) is 24.3 Å². The van der Waals surface area contributed by atoms with E-state index in [1.54, 1.807) is 0 Å². The Morgan fingerprint density at radius 3 is 2.54 bits per heavy atom. The van der Waals surface area contributed by atoms with Gasteiger partial charge in [0.05, 0.1) is 5.70 Å². The van der Waals surface area contributed by atoms with E-state index in [1.807, 2.05) is 32.3 Å². The highest BCUT2D eigenvalue weighted by Crippen LogP contribution is 2.25. The van der Waals surface area contributed by atoms with Crippen LogP contribution in [0.2, 0.25) is 0 Å². The minimum absolute atomic E-state index is 0.273. The van der Waals surface area contributed by atoms with Gasteiger partial charge in [0.15, 0.2) is 0 Å². The van der Waals surface area contributed by atoms with Crippen molar-refractivity contribution in [3.05, 3.63) is 65.9 Å². The first-order valence-electron chi connectivity index (χ1n) is 9.83. The molecule has 2 aromatic carbocycles. The lowest BCUT2D eigenvalue weighted by molar-refractivity contribution is 0.662. The topological polar surface area (TPSA) is 40.0 Å². The molecule has 0 heterocycles. The summed E-state index contributed by atoms with van der Waals surface area (Å²) in [5.74, 6) is 1.06. The van der Waals surface area contributed by atoms with E-state index < -0.39 is 0 Å². The zero-order chi connectivity index (χ0) is 20.5. The van der Waals surface area contributed by atoms with E-state index >= 15 is 0 Å². The summed E-state index contributed by atoms with van der Waals surface area (Å²) in [6.45, 7) is 10.2. The van der Waals surface area contributed by atoms with Gasteiger partial charge >= 0.3 is 0 Å². The number of hydrogen-bond acceptors (Lipinski definition) is 3. The van der Waals surface area contributed by atoms with E-state index in [0.717, 1.165) is 41.3 Å². The minimum atomic E-state index is 0.273. The van der Waals surface area contributed by atoms with Gasteiger partial charge in [-0.05, 0) is 37.8 Å². The van der Waals surface area contributed by atoms with Crippen molar-refractivity contribution < 1.29 is 0 Å². The number of rotatable bonds is 8. The van der Waals surface area contributed by atoms with Crippen LogP contribution in [-0.4, -0.2) is 26.6 Å². The molecule has 1 atom stereocenters. The average Bonchev–Trinajstić information content (AvgIpc) is 2.72. The monoisotopic (exact) mass is 376 g/mol. The van der Waals surface area contributed by atoms with E-state index in [0.29, 0.717) is 0 Å². The number of nitrogens with one attached hydrogen (secondary N) is 1. The van der Waals surface area contributed by atoms with Gasteiger partial charge in [-0.2, -0.15) is 0 Å². The summed E-state index contributed by atoms with van der Waals surface area (Å²) in [6.07, 6.45) is 4.19. The number of hydrogen-bond donors (Lipinski definition) is 1. The molecule has 28 heavy (non-hydrogen) atoms.